The average Bonchev–Trinajstić information content (AvgIpc) is 3.29. The van der Waals surface area contributed by atoms with E-state index in [9.17, 15) is 14.9 Å². The molecule has 1 aliphatic carbocycles. The fourth-order valence-electron chi connectivity index (χ4n) is 5.81. The summed E-state index contributed by atoms with van der Waals surface area (Å²) in [7, 11) is 0. The second kappa shape index (κ2) is 8.03. The lowest BCUT2D eigenvalue weighted by atomic mass is 10.1. The zero-order valence-electron chi connectivity index (χ0n) is 18.7. The molecule has 9 heteroatoms. The molecule has 9 nitrogen and oxygen atoms in total. The first-order chi connectivity index (χ1) is 16.1. The number of amides is 2. The number of rotatable bonds is 5. The van der Waals surface area contributed by atoms with Gasteiger partial charge in [0.05, 0.1) is 18.3 Å². The fraction of sp³-hybridized carbons (Fsp3) is 0.583. The van der Waals surface area contributed by atoms with Crippen molar-refractivity contribution in [1.82, 2.24) is 19.8 Å². The molecule has 0 aromatic carbocycles. The Bertz CT molecular complexity index is 1120. The molecule has 172 valence electrons. The predicted octanol–water partition coefficient (Wildman–Crippen LogP) is 2.08. The lowest BCUT2D eigenvalue weighted by molar-refractivity contribution is -0.133. The summed E-state index contributed by atoms with van der Waals surface area (Å²) >= 11 is 0. The lowest BCUT2D eigenvalue weighted by Gasteiger charge is -2.42. The molecule has 5 heterocycles. The number of aromatic nitrogens is 2. The van der Waals surface area contributed by atoms with Crippen molar-refractivity contribution in [2.24, 2.45) is 5.92 Å². The third-order valence-corrected chi connectivity index (χ3v) is 7.72. The molecular formula is C24H29N7O2. The molecule has 3 saturated heterocycles. The van der Waals surface area contributed by atoms with Crippen LogP contribution >= 0.6 is 0 Å². The van der Waals surface area contributed by atoms with E-state index >= 15 is 0 Å². The standard InChI is InChI=1S/C24H29N7O2/c25-11-16-2-1-9-30(16)22(32)14-31-17-5-6-18(31)13-29(12-17)20-10-21(28-24(33)15-3-4-15)27-23-19(20)7-8-26-23/h7-8,10,15-18H,1-6,9,12-14H2,(H2,26,27,28,33)/t16-,17?,18?/m1/s1. The number of aromatic amines is 1. The number of anilines is 2. The summed E-state index contributed by atoms with van der Waals surface area (Å²) in [4.78, 5) is 39.6. The quantitative estimate of drug-likeness (QED) is 0.727. The number of carbonyl (C=O) groups is 2. The Morgan fingerprint density at radius 2 is 1.97 bits per heavy atom. The van der Waals surface area contributed by atoms with Gasteiger partial charge >= 0.3 is 0 Å². The maximum Gasteiger partial charge on any atom is 0.237 e. The largest absolute Gasteiger partial charge is 0.368 e. The fourth-order valence-corrected chi connectivity index (χ4v) is 5.81. The van der Waals surface area contributed by atoms with E-state index in [2.05, 4.69) is 31.2 Å². The minimum atomic E-state index is -0.264. The van der Waals surface area contributed by atoms with Crippen LogP contribution in [0.1, 0.15) is 38.5 Å². The van der Waals surface area contributed by atoms with E-state index in [4.69, 9.17) is 0 Å². The van der Waals surface area contributed by atoms with Crippen molar-refractivity contribution in [2.45, 2.75) is 56.7 Å². The van der Waals surface area contributed by atoms with Crippen molar-refractivity contribution in [3.05, 3.63) is 18.3 Å². The first-order valence-corrected chi connectivity index (χ1v) is 12.1. The number of H-pyrrole nitrogens is 1. The van der Waals surface area contributed by atoms with Crippen LogP contribution in [0.5, 0.6) is 0 Å². The minimum absolute atomic E-state index is 0.0559. The van der Waals surface area contributed by atoms with Crippen LogP contribution in [0.3, 0.4) is 0 Å². The van der Waals surface area contributed by atoms with Crippen LogP contribution in [0.25, 0.3) is 11.0 Å². The third kappa shape index (κ3) is 3.72. The van der Waals surface area contributed by atoms with Gasteiger partial charge in [-0.25, -0.2) is 4.98 Å². The number of pyridine rings is 1. The van der Waals surface area contributed by atoms with Gasteiger partial charge in [-0.1, -0.05) is 0 Å². The number of likely N-dealkylation sites (tertiary alicyclic amines) is 1. The van der Waals surface area contributed by atoms with E-state index in [1.54, 1.807) is 4.90 Å². The molecule has 2 bridgehead atoms. The highest BCUT2D eigenvalue weighted by Gasteiger charge is 2.42. The SMILES string of the molecule is N#C[C@H]1CCCN1C(=O)CN1C2CCC1CN(c1cc(NC(=O)C3CC3)nc3[nH]ccc13)C2. The number of nitrogens with zero attached hydrogens (tertiary/aromatic N) is 5. The van der Waals surface area contributed by atoms with Crippen LogP contribution in [0.4, 0.5) is 11.5 Å². The number of nitriles is 1. The molecule has 2 unspecified atom stereocenters. The van der Waals surface area contributed by atoms with Crippen LogP contribution in [-0.4, -0.2) is 75.9 Å². The Kier molecular flexibility index (Phi) is 4.98. The molecule has 2 aromatic rings. The highest BCUT2D eigenvalue weighted by atomic mass is 16.2. The summed E-state index contributed by atoms with van der Waals surface area (Å²) in [5.74, 6) is 0.868. The second-order valence-corrected chi connectivity index (χ2v) is 9.87. The second-order valence-electron chi connectivity index (χ2n) is 9.87. The van der Waals surface area contributed by atoms with Gasteiger partial charge in [0, 0.05) is 55.3 Å². The molecule has 4 aliphatic rings. The molecule has 0 spiro atoms. The molecule has 33 heavy (non-hydrogen) atoms. The van der Waals surface area contributed by atoms with Gasteiger partial charge in [-0.2, -0.15) is 5.26 Å². The highest BCUT2D eigenvalue weighted by molar-refractivity contribution is 5.97. The predicted molar refractivity (Wildman–Crippen MR) is 124 cm³/mol. The van der Waals surface area contributed by atoms with Gasteiger partial charge in [0.15, 0.2) is 0 Å². The number of hydrogen-bond donors (Lipinski definition) is 2. The Balaban J connectivity index is 1.20. The van der Waals surface area contributed by atoms with E-state index in [0.29, 0.717) is 31.0 Å². The van der Waals surface area contributed by atoms with Crippen LogP contribution in [0.2, 0.25) is 0 Å². The van der Waals surface area contributed by atoms with Gasteiger partial charge in [-0.15, -0.1) is 0 Å². The summed E-state index contributed by atoms with van der Waals surface area (Å²) in [6.45, 7) is 2.78. The number of carbonyl (C=O) groups excluding carboxylic acids is 2. The molecule has 3 aliphatic heterocycles. The number of nitrogens with one attached hydrogen (secondary N) is 2. The molecule has 3 atom stereocenters. The number of hydrogen-bond acceptors (Lipinski definition) is 6. The van der Waals surface area contributed by atoms with Crippen LogP contribution in [0.15, 0.2) is 18.3 Å². The summed E-state index contributed by atoms with van der Waals surface area (Å²) in [5, 5.41) is 13.4. The zero-order chi connectivity index (χ0) is 22.5. The average molecular weight is 448 g/mol. The molecule has 2 N–H and O–H groups in total. The maximum atomic E-state index is 13.0. The molecule has 0 radical (unpaired) electrons. The van der Waals surface area contributed by atoms with Crippen LogP contribution < -0.4 is 10.2 Å². The van der Waals surface area contributed by atoms with Gasteiger partial charge in [-0.3, -0.25) is 14.5 Å². The van der Waals surface area contributed by atoms with Crippen molar-refractivity contribution < 1.29 is 9.59 Å². The maximum absolute atomic E-state index is 13.0. The van der Waals surface area contributed by atoms with Gasteiger partial charge in [0.25, 0.3) is 0 Å². The molecule has 2 aromatic heterocycles. The van der Waals surface area contributed by atoms with Gasteiger partial charge in [-0.05, 0) is 44.6 Å². The van der Waals surface area contributed by atoms with Crippen molar-refractivity contribution >= 4 is 34.4 Å². The number of piperazine rings is 1. The summed E-state index contributed by atoms with van der Waals surface area (Å²) in [6, 6.07) is 6.67. The van der Waals surface area contributed by atoms with Gasteiger partial charge < -0.3 is 20.1 Å². The smallest absolute Gasteiger partial charge is 0.237 e. The van der Waals surface area contributed by atoms with Crippen LogP contribution in [-0.2, 0) is 9.59 Å². The van der Waals surface area contributed by atoms with Gasteiger partial charge in [0.1, 0.15) is 17.5 Å². The molecular weight excluding hydrogens is 418 g/mol. The van der Waals surface area contributed by atoms with E-state index in [1.807, 2.05) is 18.3 Å². The molecule has 2 amide bonds. The Morgan fingerprint density at radius 1 is 1.18 bits per heavy atom. The van der Waals surface area contributed by atoms with Crippen molar-refractivity contribution in [2.75, 3.05) is 36.4 Å². The third-order valence-electron chi connectivity index (χ3n) is 7.72. The Labute approximate surface area is 192 Å². The zero-order valence-corrected chi connectivity index (χ0v) is 18.7. The molecule has 1 saturated carbocycles. The Hall–Kier alpha value is -3.12. The number of fused-ring (bicyclic) bond motifs is 3. The van der Waals surface area contributed by atoms with Crippen molar-refractivity contribution in [1.29, 1.82) is 5.26 Å². The summed E-state index contributed by atoms with van der Waals surface area (Å²) < 4.78 is 0. The van der Waals surface area contributed by atoms with Crippen molar-refractivity contribution in [3.8, 4) is 6.07 Å². The van der Waals surface area contributed by atoms with E-state index in [0.717, 1.165) is 68.3 Å². The monoisotopic (exact) mass is 447 g/mol. The molecule has 4 fully saturated rings. The van der Waals surface area contributed by atoms with Gasteiger partial charge in [0.2, 0.25) is 11.8 Å². The topological polar surface area (TPSA) is 108 Å². The summed E-state index contributed by atoms with van der Waals surface area (Å²) in [6.07, 6.45) is 7.65. The first-order valence-electron chi connectivity index (χ1n) is 12.1. The Morgan fingerprint density at radius 3 is 2.70 bits per heavy atom. The van der Waals surface area contributed by atoms with E-state index in [-0.39, 0.29) is 23.8 Å². The first kappa shape index (κ1) is 20.5. The van der Waals surface area contributed by atoms with E-state index in [1.165, 1.54) is 0 Å². The normalized spacial score (nSPS) is 27.2. The summed E-state index contributed by atoms with van der Waals surface area (Å²) in [5.41, 5.74) is 1.86. The van der Waals surface area contributed by atoms with Crippen LogP contribution in [0, 0.1) is 17.2 Å². The molecule has 6 rings (SSSR count). The van der Waals surface area contributed by atoms with E-state index < -0.39 is 0 Å². The minimum Gasteiger partial charge on any atom is -0.368 e. The lowest BCUT2D eigenvalue weighted by Crippen LogP contribution is -2.56. The highest BCUT2D eigenvalue weighted by Crippen LogP contribution is 2.37. The van der Waals surface area contributed by atoms with Crippen molar-refractivity contribution in [3.63, 3.8) is 0 Å².